The van der Waals surface area contributed by atoms with Crippen LogP contribution in [0, 0.1) is 0 Å². The van der Waals surface area contributed by atoms with E-state index in [1.54, 1.807) is 53.2 Å². The van der Waals surface area contributed by atoms with Crippen molar-refractivity contribution in [3.05, 3.63) is 94.9 Å². The molecule has 0 radical (unpaired) electrons. The summed E-state index contributed by atoms with van der Waals surface area (Å²) >= 11 is 1.36. The Morgan fingerprint density at radius 2 is 1.88 bits per heavy atom. The lowest BCUT2D eigenvalue weighted by Crippen LogP contribution is -2.13. The number of nitrogens with one attached hydrogen (secondary N) is 1. The number of carbonyl (C=O) groups excluding carboxylic acids is 1. The van der Waals surface area contributed by atoms with Crippen LogP contribution in [0.5, 0.6) is 5.75 Å². The number of rotatable bonds is 7. The van der Waals surface area contributed by atoms with Crippen molar-refractivity contribution in [1.82, 2.24) is 14.6 Å². The minimum absolute atomic E-state index is 0.119. The zero-order valence-electron chi connectivity index (χ0n) is 17.9. The second kappa shape index (κ2) is 8.73. The average molecular weight is 491 g/mol. The molecule has 0 bridgehead atoms. The van der Waals surface area contributed by atoms with Crippen LogP contribution >= 0.6 is 11.3 Å². The van der Waals surface area contributed by atoms with E-state index in [1.807, 2.05) is 17.5 Å². The van der Waals surface area contributed by atoms with Crippen LogP contribution in [0.25, 0.3) is 16.9 Å². The molecule has 0 aliphatic carbocycles. The zero-order valence-corrected chi connectivity index (χ0v) is 19.5. The minimum Gasteiger partial charge on any atom is -0.497 e. The van der Waals surface area contributed by atoms with Gasteiger partial charge in [-0.3, -0.25) is 9.52 Å². The lowest BCUT2D eigenvalue weighted by atomic mass is 10.1. The van der Waals surface area contributed by atoms with Crippen molar-refractivity contribution in [2.24, 2.45) is 0 Å². The topological polar surface area (TPSA) is 103 Å². The van der Waals surface area contributed by atoms with Crippen LogP contribution in [0.3, 0.4) is 0 Å². The van der Waals surface area contributed by atoms with Crippen molar-refractivity contribution in [2.75, 3.05) is 11.8 Å². The number of hydrogen-bond donors (Lipinski definition) is 1. The van der Waals surface area contributed by atoms with E-state index >= 15 is 0 Å². The van der Waals surface area contributed by atoms with Crippen molar-refractivity contribution in [3.63, 3.8) is 0 Å². The standard InChI is InChI=1S/C24H18N4O4S2/c1-32-18-7-9-19(10-8-18)34(30,31)27-17-5-2-4-16(14-17)21-11-12-25-24-20(15-26-28(21)24)23(29)22-6-3-13-33-22/h2-15,27H,1H3. The van der Waals surface area contributed by atoms with Gasteiger partial charge in [-0.1, -0.05) is 18.2 Å². The number of sulfonamides is 1. The van der Waals surface area contributed by atoms with Gasteiger partial charge in [-0.15, -0.1) is 11.3 Å². The third-order valence-corrected chi connectivity index (χ3v) is 7.44. The molecular formula is C24H18N4O4S2. The molecule has 5 aromatic rings. The highest BCUT2D eigenvalue weighted by Crippen LogP contribution is 2.27. The largest absolute Gasteiger partial charge is 0.497 e. The van der Waals surface area contributed by atoms with E-state index in [9.17, 15) is 13.2 Å². The maximum Gasteiger partial charge on any atom is 0.261 e. The highest BCUT2D eigenvalue weighted by Gasteiger charge is 2.19. The Morgan fingerprint density at radius 1 is 1.06 bits per heavy atom. The highest BCUT2D eigenvalue weighted by molar-refractivity contribution is 7.92. The molecule has 34 heavy (non-hydrogen) atoms. The van der Waals surface area contributed by atoms with Gasteiger partial charge in [0.2, 0.25) is 5.78 Å². The predicted octanol–water partition coefficient (Wildman–Crippen LogP) is 4.50. The fourth-order valence-corrected chi connectivity index (χ4v) is 5.25. The van der Waals surface area contributed by atoms with E-state index in [0.717, 1.165) is 0 Å². The predicted molar refractivity (Wildman–Crippen MR) is 130 cm³/mol. The first kappa shape index (κ1) is 21.8. The number of ether oxygens (including phenoxy) is 1. The summed E-state index contributed by atoms with van der Waals surface area (Å²) in [5, 5.41) is 6.23. The smallest absolute Gasteiger partial charge is 0.261 e. The average Bonchev–Trinajstić information content (AvgIpc) is 3.54. The van der Waals surface area contributed by atoms with Gasteiger partial charge < -0.3 is 4.74 Å². The van der Waals surface area contributed by atoms with Crippen LogP contribution < -0.4 is 9.46 Å². The Balaban J connectivity index is 1.48. The molecule has 5 rings (SSSR count). The van der Waals surface area contributed by atoms with Crippen molar-refractivity contribution in [2.45, 2.75) is 4.90 Å². The van der Waals surface area contributed by atoms with Gasteiger partial charge in [-0.2, -0.15) is 5.10 Å². The van der Waals surface area contributed by atoms with E-state index in [4.69, 9.17) is 4.74 Å². The molecule has 3 heterocycles. The van der Waals surface area contributed by atoms with Gasteiger partial charge >= 0.3 is 0 Å². The third kappa shape index (κ3) is 4.04. The molecule has 0 unspecified atom stereocenters. The summed E-state index contributed by atoms with van der Waals surface area (Å²) in [6, 6.07) is 18.4. The quantitative estimate of drug-likeness (QED) is 0.337. The van der Waals surface area contributed by atoms with Crippen LogP contribution in [-0.4, -0.2) is 35.9 Å². The summed E-state index contributed by atoms with van der Waals surface area (Å²) < 4.78 is 34.9. The Bertz CT molecular complexity index is 1590. The molecule has 0 atom stereocenters. The molecule has 0 saturated carbocycles. The molecule has 0 amide bonds. The molecule has 8 nitrogen and oxygen atoms in total. The number of anilines is 1. The summed E-state index contributed by atoms with van der Waals surface area (Å²) in [5.41, 5.74) is 2.60. The van der Waals surface area contributed by atoms with Crippen molar-refractivity contribution < 1.29 is 17.9 Å². The molecule has 1 N–H and O–H groups in total. The van der Waals surface area contributed by atoms with E-state index in [1.165, 1.54) is 36.8 Å². The lowest BCUT2D eigenvalue weighted by molar-refractivity contribution is 0.104. The third-order valence-electron chi connectivity index (χ3n) is 5.17. The number of benzene rings is 2. The molecule has 0 saturated heterocycles. The number of methoxy groups -OCH3 is 1. The van der Waals surface area contributed by atoms with Gasteiger partial charge in [0.05, 0.1) is 34.3 Å². The second-order valence-electron chi connectivity index (χ2n) is 7.29. The van der Waals surface area contributed by atoms with Crippen molar-refractivity contribution >= 4 is 38.5 Å². The zero-order chi connectivity index (χ0) is 23.7. The maximum atomic E-state index is 12.8. The fourth-order valence-electron chi connectivity index (χ4n) is 3.52. The van der Waals surface area contributed by atoms with Crippen LogP contribution in [0.1, 0.15) is 15.2 Å². The number of thiophene rings is 1. The number of ketones is 1. The van der Waals surface area contributed by atoms with Gasteiger partial charge in [0.25, 0.3) is 10.0 Å². The van der Waals surface area contributed by atoms with Gasteiger partial charge in [-0.25, -0.2) is 17.9 Å². The molecule has 0 fully saturated rings. The van der Waals surface area contributed by atoms with E-state index in [-0.39, 0.29) is 10.7 Å². The molecule has 0 aliphatic rings. The first-order valence-corrected chi connectivity index (χ1v) is 12.5. The molecule has 3 aromatic heterocycles. The Hall–Kier alpha value is -4.02. The molecule has 2 aromatic carbocycles. The van der Waals surface area contributed by atoms with Gasteiger partial charge in [0.1, 0.15) is 5.75 Å². The van der Waals surface area contributed by atoms with Crippen LogP contribution in [0.4, 0.5) is 5.69 Å². The number of aromatic nitrogens is 3. The molecule has 10 heteroatoms. The van der Waals surface area contributed by atoms with Crippen molar-refractivity contribution in [3.8, 4) is 17.0 Å². The van der Waals surface area contributed by atoms with E-state index in [2.05, 4.69) is 14.8 Å². The fraction of sp³-hybridized carbons (Fsp3) is 0.0417. The van der Waals surface area contributed by atoms with E-state index < -0.39 is 10.0 Å². The van der Waals surface area contributed by atoms with Gasteiger partial charge in [0.15, 0.2) is 5.65 Å². The molecule has 0 spiro atoms. The Morgan fingerprint density at radius 3 is 2.62 bits per heavy atom. The minimum atomic E-state index is -3.80. The summed E-state index contributed by atoms with van der Waals surface area (Å²) in [6.45, 7) is 0. The monoisotopic (exact) mass is 490 g/mol. The Kier molecular flexibility index (Phi) is 5.60. The highest BCUT2D eigenvalue weighted by atomic mass is 32.2. The number of carbonyl (C=O) groups is 1. The van der Waals surface area contributed by atoms with Gasteiger partial charge in [-0.05, 0) is 53.9 Å². The second-order valence-corrected chi connectivity index (χ2v) is 9.92. The maximum absolute atomic E-state index is 12.8. The van der Waals surface area contributed by atoms with Gasteiger partial charge in [0, 0.05) is 17.4 Å². The molecule has 0 aliphatic heterocycles. The number of fused-ring (bicyclic) bond motifs is 1. The van der Waals surface area contributed by atoms with Crippen molar-refractivity contribution in [1.29, 1.82) is 0 Å². The summed E-state index contributed by atoms with van der Waals surface area (Å²) in [7, 11) is -2.28. The van der Waals surface area contributed by atoms with E-state index in [0.29, 0.717) is 38.8 Å². The lowest BCUT2D eigenvalue weighted by Gasteiger charge is -2.11. The number of nitrogens with zero attached hydrogens (tertiary/aromatic N) is 3. The summed E-state index contributed by atoms with van der Waals surface area (Å²) in [5.74, 6) is 0.425. The molecule has 170 valence electrons. The first-order valence-electron chi connectivity index (χ1n) is 10.1. The first-order chi connectivity index (χ1) is 16.5. The van der Waals surface area contributed by atoms with Crippen LogP contribution in [-0.2, 0) is 10.0 Å². The summed E-state index contributed by atoms with van der Waals surface area (Å²) in [6.07, 6.45) is 3.11. The van der Waals surface area contributed by atoms with Crippen LogP contribution in [0.15, 0.2) is 89.4 Å². The Labute approximate surface area is 199 Å². The summed E-state index contributed by atoms with van der Waals surface area (Å²) in [4.78, 5) is 17.9. The van der Waals surface area contributed by atoms with Crippen LogP contribution in [0.2, 0.25) is 0 Å². The SMILES string of the molecule is COc1ccc(S(=O)(=O)Nc2cccc(-c3ccnc4c(C(=O)c5cccs5)cnn34)c2)cc1. The normalized spacial score (nSPS) is 11.4. The molecular weight excluding hydrogens is 472 g/mol. The number of hydrogen-bond acceptors (Lipinski definition) is 7.